The maximum Gasteiger partial charge on any atom is 0.251 e. The van der Waals surface area contributed by atoms with Gasteiger partial charge in [0.1, 0.15) is 0 Å². The lowest BCUT2D eigenvalue weighted by atomic mass is 9.91. The molecule has 3 nitrogen and oxygen atoms in total. The molecule has 0 saturated carbocycles. The van der Waals surface area contributed by atoms with E-state index in [-0.39, 0.29) is 11.9 Å². The maximum absolute atomic E-state index is 11.9. The second kappa shape index (κ2) is 5.10. The van der Waals surface area contributed by atoms with E-state index < -0.39 is 0 Å². The Labute approximate surface area is 118 Å². The van der Waals surface area contributed by atoms with Crippen molar-refractivity contribution in [2.75, 3.05) is 6.54 Å². The summed E-state index contributed by atoms with van der Waals surface area (Å²) in [5, 5.41) is 2.88. The molecule has 1 aliphatic heterocycles. The fraction of sp³-hybridized carbons (Fsp3) is 0.235. The third-order valence-corrected chi connectivity index (χ3v) is 3.94. The Balaban J connectivity index is 2.01. The zero-order valence-electron chi connectivity index (χ0n) is 11.5. The van der Waals surface area contributed by atoms with E-state index in [1.165, 1.54) is 5.56 Å². The lowest BCUT2D eigenvalue weighted by Crippen LogP contribution is -2.32. The zero-order chi connectivity index (χ0) is 14.1. The second-order valence-corrected chi connectivity index (χ2v) is 5.26. The number of fused-ring (bicyclic) bond motifs is 1. The molecule has 1 heterocycles. The van der Waals surface area contributed by atoms with Crippen LogP contribution in [0.15, 0.2) is 42.5 Å². The van der Waals surface area contributed by atoms with Crippen LogP contribution in [-0.4, -0.2) is 12.5 Å². The molecule has 3 heteroatoms. The summed E-state index contributed by atoms with van der Waals surface area (Å²) in [5.74, 6) is 0.00471. The van der Waals surface area contributed by atoms with E-state index in [0.29, 0.717) is 0 Å². The molecule has 0 aliphatic carbocycles. The molecule has 0 radical (unpaired) electrons. The average Bonchev–Trinajstić information content (AvgIpc) is 2.47. The summed E-state index contributed by atoms with van der Waals surface area (Å²) in [5.41, 5.74) is 11.5. The Kier molecular flexibility index (Phi) is 3.28. The highest BCUT2D eigenvalue weighted by molar-refractivity contribution is 5.96. The van der Waals surface area contributed by atoms with Gasteiger partial charge in [-0.25, -0.2) is 0 Å². The average molecular weight is 266 g/mol. The van der Waals surface area contributed by atoms with E-state index in [9.17, 15) is 4.79 Å². The molecule has 0 aromatic heterocycles. The molecule has 2 aromatic rings. The van der Waals surface area contributed by atoms with Gasteiger partial charge in [-0.2, -0.15) is 0 Å². The number of carbonyl (C=O) groups is 1. The predicted octanol–water partition coefficient (Wildman–Crippen LogP) is 2.33. The minimum Gasteiger partial charge on any atom is -0.352 e. The van der Waals surface area contributed by atoms with Crippen molar-refractivity contribution in [2.45, 2.75) is 19.4 Å². The lowest BCUT2D eigenvalue weighted by Gasteiger charge is -2.20. The standard InChI is InChI=1S/C17H18N2O/c1-11-4-2-3-5-14(11)16(18)13-7-6-12-8-9-19-17(20)15(12)10-13/h2-7,10,16H,8-9,18H2,1H3,(H,19,20). The van der Waals surface area contributed by atoms with E-state index in [4.69, 9.17) is 5.73 Å². The van der Waals surface area contributed by atoms with Gasteiger partial charge in [0.15, 0.2) is 0 Å². The zero-order valence-corrected chi connectivity index (χ0v) is 11.5. The van der Waals surface area contributed by atoms with E-state index in [0.717, 1.165) is 35.2 Å². The molecule has 20 heavy (non-hydrogen) atoms. The predicted molar refractivity (Wildman–Crippen MR) is 79.7 cm³/mol. The molecule has 1 amide bonds. The molecule has 3 N–H and O–H groups in total. The lowest BCUT2D eigenvalue weighted by molar-refractivity contribution is 0.0946. The molecule has 0 saturated heterocycles. The third-order valence-electron chi connectivity index (χ3n) is 3.94. The van der Waals surface area contributed by atoms with Gasteiger partial charge in [-0.15, -0.1) is 0 Å². The van der Waals surface area contributed by atoms with Crippen LogP contribution in [0, 0.1) is 6.92 Å². The molecule has 1 unspecified atom stereocenters. The first kappa shape index (κ1) is 12.9. The van der Waals surface area contributed by atoms with E-state index in [1.807, 2.05) is 36.4 Å². The molecule has 3 rings (SSSR count). The minimum absolute atomic E-state index is 0.00471. The highest BCUT2D eigenvalue weighted by Gasteiger charge is 2.19. The molecule has 102 valence electrons. The van der Waals surface area contributed by atoms with Crippen LogP contribution in [0.5, 0.6) is 0 Å². The monoisotopic (exact) mass is 266 g/mol. The summed E-state index contributed by atoms with van der Waals surface area (Å²) in [4.78, 5) is 11.9. The Morgan fingerprint density at radius 2 is 2.00 bits per heavy atom. The third kappa shape index (κ3) is 2.21. The number of amides is 1. The summed E-state index contributed by atoms with van der Waals surface area (Å²) < 4.78 is 0. The molecule has 0 fully saturated rings. The van der Waals surface area contributed by atoms with Crippen LogP contribution in [-0.2, 0) is 6.42 Å². The van der Waals surface area contributed by atoms with Crippen LogP contribution in [0.25, 0.3) is 0 Å². The van der Waals surface area contributed by atoms with Gasteiger partial charge >= 0.3 is 0 Å². The second-order valence-electron chi connectivity index (χ2n) is 5.26. The first-order chi connectivity index (χ1) is 9.66. The van der Waals surface area contributed by atoms with Crippen molar-refractivity contribution in [3.8, 4) is 0 Å². The molecular weight excluding hydrogens is 248 g/mol. The minimum atomic E-state index is -0.198. The fourth-order valence-electron chi connectivity index (χ4n) is 2.74. The summed E-state index contributed by atoms with van der Waals surface area (Å²) in [6, 6.07) is 13.9. The smallest absolute Gasteiger partial charge is 0.251 e. The molecule has 1 atom stereocenters. The van der Waals surface area contributed by atoms with Crippen LogP contribution in [0.3, 0.4) is 0 Å². The summed E-state index contributed by atoms with van der Waals surface area (Å²) >= 11 is 0. The van der Waals surface area contributed by atoms with Gasteiger partial charge in [0, 0.05) is 12.1 Å². The van der Waals surface area contributed by atoms with Crippen LogP contribution < -0.4 is 11.1 Å². The van der Waals surface area contributed by atoms with Crippen molar-refractivity contribution in [2.24, 2.45) is 5.73 Å². The van der Waals surface area contributed by atoms with Crippen molar-refractivity contribution < 1.29 is 4.79 Å². The topological polar surface area (TPSA) is 55.1 Å². The summed E-state index contributed by atoms with van der Waals surface area (Å²) in [6.07, 6.45) is 0.890. The number of hydrogen-bond donors (Lipinski definition) is 2. The first-order valence-electron chi connectivity index (χ1n) is 6.89. The number of aryl methyl sites for hydroxylation is 1. The number of nitrogens with one attached hydrogen (secondary N) is 1. The van der Waals surface area contributed by atoms with Gasteiger partial charge in [0.2, 0.25) is 0 Å². The van der Waals surface area contributed by atoms with Crippen LogP contribution >= 0.6 is 0 Å². The molecule has 1 aliphatic rings. The van der Waals surface area contributed by atoms with Crippen molar-refractivity contribution in [1.82, 2.24) is 5.32 Å². The highest BCUT2D eigenvalue weighted by Crippen LogP contribution is 2.25. The van der Waals surface area contributed by atoms with Gasteiger partial charge in [-0.3, -0.25) is 4.79 Å². The molecule has 0 spiro atoms. The van der Waals surface area contributed by atoms with Crippen LogP contribution in [0.1, 0.15) is 38.7 Å². The molecule has 0 bridgehead atoms. The first-order valence-corrected chi connectivity index (χ1v) is 6.89. The number of rotatable bonds is 2. The Morgan fingerprint density at radius 3 is 2.80 bits per heavy atom. The van der Waals surface area contributed by atoms with Crippen molar-refractivity contribution in [3.63, 3.8) is 0 Å². The largest absolute Gasteiger partial charge is 0.352 e. The van der Waals surface area contributed by atoms with E-state index >= 15 is 0 Å². The van der Waals surface area contributed by atoms with Gasteiger partial charge in [0.05, 0.1) is 6.04 Å². The van der Waals surface area contributed by atoms with Gasteiger partial charge in [-0.05, 0) is 41.7 Å². The normalized spacial score (nSPS) is 15.4. The quantitative estimate of drug-likeness (QED) is 0.876. The van der Waals surface area contributed by atoms with Gasteiger partial charge < -0.3 is 11.1 Å². The van der Waals surface area contributed by atoms with Crippen molar-refractivity contribution in [1.29, 1.82) is 0 Å². The Hall–Kier alpha value is -2.13. The number of carbonyl (C=O) groups excluding carboxylic acids is 1. The Bertz CT molecular complexity index is 664. The van der Waals surface area contributed by atoms with E-state index in [1.54, 1.807) is 0 Å². The van der Waals surface area contributed by atoms with Crippen LogP contribution in [0.4, 0.5) is 0 Å². The van der Waals surface area contributed by atoms with Gasteiger partial charge in [0.25, 0.3) is 5.91 Å². The maximum atomic E-state index is 11.9. The van der Waals surface area contributed by atoms with Gasteiger partial charge in [-0.1, -0.05) is 36.4 Å². The Morgan fingerprint density at radius 1 is 1.20 bits per heavy atom. The SMILES string of the molecule is Cc1ccccc1C(N)c1ccc2c(c1)C(=O)NCC2. The highest BCUT2D eigenvalue weighted by atomic mass is 16.1. The number of hydrogen-bond acceptors (Lipinski definition) is 2. The fourth-order valence-corrected chi connectivity index (χ4v) is 2.74. The number of benzene rings is 2. The van der Waals surface area contributed by atoms with E-state index in [2.05, 4.69) is 18.3 Å². The van der Waals surface area contributed by atoms with Crippen LogP contribution in [0.2, 0.25) is 0 Å². The van der Waals surface area contributed by atoms with Crippen molar-refractivity contribution in [3.05, 3.63) is 70.3 Å². The molecule has 2 aromatic carbocycles. The van der Waals surface area contributed by atoms with Crippen molar-refractivity contribution >= 4 is 5.91 Å². The summed E-state index contributed by atoms with van der Waals surface area (Å²) in [6.45, 7) is 2.77. The summed E-state index contributed by atoms with van der Waals surface area (Å²) in [7, 11) is 0. The molecular formula is C17H18N2O. The number of nitrogens with two attached hydrogens (primary N) is 1.